The quantitative estimate of drug-likeness (QED) is 0.453. The molecule has 1 aliphatic rings. The van der Waals surface area contributed by atoms with Gasteiger partial charge in [-0.2, -0.15) is 0 Å². The van der Waals surface area contributed by atoms with Gasteiger partial charge in [0, 0.05) is 25.1 Å². The molecule has 0 unspecified atom stereocenters. The zero-order valence-corrected chi connectivity index (χ0v) is 17.1. The van der Waals surface area contributed by atoms with Gasteiger partial charge in [0.1, 0.15) is 11.6 Å². The molecule has 152 valence electrons. The van der Waals surface area contributed by atoms with Crippen LogP contribution in [-0.2, 0) is 9.59 Å². The lowest BCUT2D eigenvalue weighted by Gasteiger charge is -2.25. The van der Waals surface area contributed by atoms with Crippen molar-refractivity contribution < 1.29 is 14.7 Å². The molecule has 1 amide bonds. The Hall–Kier alpha value is -3.13. The van der Waals surface area contributed by atoms with E-state index >= 15 is 0 Å². The van der Waals surface area contributed by atoms with E-state index in [9.17, 15) is 14.7 Å². The first-order valence-electron chi connectivity index (χ1n) is 9.45. The van der Waals surface area contributed by atoms with Crippen molar-refractivity contribution in [2.24, 2.45) is 0 Å². The number of aliphatic hydroxyl groups is 1. The Labute approximate surface area is 169 Å². The fraction of sp³-hybridized carbons (Fsp3) is 0.381. The molecule has 0 saturated carbocycles. The number of nitrogens with zero attached hydrogens (tertiary/aromatic N) is 5. The van der Waals surface area contributed by atoms with Crippen LogP contribution in [0.2, 0.25) is 0 Å². The van der Waals surface area contributed by atoms with Crippen molar-refractivity contribution in [2.75, 3.05) is 27.2 Å². The van der Waals surface area contributed by atoms with E-state index < -0.39 is 17.7 Å². The predicted octanol–water partition coefficient (Wildman–Crippen LogP) is 1.86. The second-order valence-corrected chi connectivity index (χ2v) is 7.35. The summed E-state index contributed by atoms with van der Waals surface area (Å²) in [6.45, 7) is 4.64. The van der Waals surface area contributed by atoms with E-state index in [0.29, 0.717) is 35.6 Å². The van der Waals surface area contributed by atoms with Crippen molar-refractivity contribution in [3.63, 3.8) is 0 Å². The summed E-state index contributed by atoms with van der Waals surface area (Å²) in [6.07, 6.45) is 5.41. The SMILES string of the molecule is Cc1ncc(/C(O)=C2\C(=O)C(=O)N(CCCN(C)C)[C@H]2c2cccnc2)c(C)n1. The van der Waals surface area contributed by atoms with Gasteiger partial charge in [-0.25, -0.2) is 9.97 Å². The van der Waals surface area contributed by atoms with Crippen molar-refractivity contribution in [3.8, 4) is 0 Å². The number of aromatic nitrogens is 3. The Kier molecular flexibility index (Phi) is 6.03. The molecule has 0 radical (unpaired) electrons. The van der Waals surface area contributed by atoms with Crippen LogP contribution < -0.4 is 0 Å². The summed E-state index contributed by atoms with van der Waals surface area (Å²) >= 11 is 0. The molecule has 1 aliphatic heterocycles. The predicted molar refractivity (Wildman–Crippen MR) is 108 cm³/mol. The van der Waals surface area contributed by atoms with E-state index in [1.165, 1.54) is 11.1 Å². The second-order valence-electron chi connectivity index (χ2n) is 7.35. The number of hydrogen-bond acceptors (Lipinski definition) is 7. The van der Waals surface area contributed by atoms with Gasteiger partial charge >= 0.3 is 0 Å². The summed E-state index contributed by atoms with van der Waals surface area (Å²) in [4.78, 5) is 41.8. The van der Waals surface area contributed by atoms with Crippen LogP contribution in [0.15, 0.2) is 36.3 Å². The summed E-state index contributed by atoms with van der Waals surface area (Å²) in [6, 6.07) is 2.84. The van der Waals surface area contributed by atoms with E-state index in [4.69, 9.17) is 0 Å². The third-order valence-corrected chi connectivity index (χ3v) is 4.90. The van der Waals surface area contributed by atoms with Crippen molar-refractivity contribution in [3.05, 3.63) is 58.9 Å². The largest absolute Gasteiger partial charge is 0.507 e. The van der Waals surface area contributed by atoms with Gasteiger partial charge in [0.05, 0.1) is 22.9 Å². The van der Waals surface area contributed by atoms with Crippen LogP contribution in [-0.4, -0.2) is 68.7 Å². The molecule has 1 N–H and O–H groups in total. The molecule has 0 aliphatic carbocycles. The topological polar surface area (TPSA) is 99.5 Å². The molecule has 1 saturated heterocycles. The number of pyridine rings is 1. The number of likely N-dealkylation sites (tertiary alicyclic amines) is 1. The molecule has 0 spiro atoms. The Bertz CT molecular complexity index is 956. The van der Waals surface area contributed by atoms with Crippen molar-refractivity contribution in [1.29, 1.82) is 0 Å². The molecule has 29 heavy (non-hydrogen) atoms. The number of aliphatic hydroxyl groups excluding tert-OH is 1. The van der Waals surface area contributed by atoms with Crippen molar-refractivity contribution in [2.45, 2.75) is 26.3 Å². The van der Waals surface area contributed by atoms with Gasteiger partial charge in [-0.15, -0.1) is 0 Å². The zero-order chi connectivity index (χ0) is 21.1. The summed E-state index contributed by atoms with van der Waals surface area (Å²) in [5.74, 6) is -1.03. The summed E-state index contributed by atoms with van der Waals surface area (Å²) in [5, 5.41) is 11.0. The standard InChI is InChI=1S/C21H25N5O3/c1-13-16(12-23-14(2)24-13)19(27)17-18(15-7-5-8-22-11-15)26(21(29)20(17)28)10-6-9-25(3)4/h5,7-8,11-12,18,27H,6,9-10H2,1-4H3/b19-17+/t18-/m0/s1. The third-order valence-electron chi connectivity index (χ3n) is 4.90. The van der Waals surface area contributed by atoms with Gasteiger partial charge in [-0.05, 0) is 52.5 Å². The number of carbonyl (C=O) groups is 2. The Morgan fingerprint density at radius 3 is 2.62 bits per heavy atom. The lowest BCUT2D eigenvalue weighted by atomic mass is 9.96. The van der Waals surface area contributed by atoms with Gasteiger partial charge in [-0.3, -0.25) is 14.6 Å². The van der Waals surface area contributed by atoms with Crippen LogP contribution in [0.3, 0.4) is 0 Å². The Morgan fingerprint density at radius 2 is 2.00 bits per heavy atom. The maximum atomic E-state index is 12.9. The number of ketones is 1. The second kappa shape index (κ2) is 8.48. The highest BCUT2D eigenvalue weighted by Crippen LogP contribution is 2.39. The smallest absolute Gasteiger partial charge is 0.295 e. The van der Waals surface area contributed by atoms with Gasteiger partial charge in [0.25, 0.3) is 11.7 Å². The molecule has 2 aromatic rings. The minimum atomic E-state index is -0.707. The van der Waals surface area contributed by atoms with Gasteiger partial charge in [-0.1, -0.05) is 6.07 Å². The molecule has 8 nitrogen and oxygen atoms in total. The molecular weight excluding hydrogens is 370 g/mol. The zero-order valence-electron chi connectivity index (χ0n) is 17.1. The number of amides is 1. The molecule has 2 aromatic heterocycles. The molecule has 3 heterocycles. The third kappa shape index (κ3) is 4.17. The molecular formula is C21H25N5O3. The van der Waals surface area contributed by atoms with E-state index in [2.05, 4.69) is 15.0 Å². The van der Waals surface area contributed by atoms with Crippen LogP contribution in [0.4, 0.5) is 0 Å². The number of rotatable bonds is 6. The first-order chi connectivity index (χ1) is 13.8. The monoisotopic (exact) mass is 395 g/mol. The highest BCUT2D eigenvalue weighted by Gasteiger charge is 2.46. The van der Waals surface area contributed by atoms with Gasteiger partial charge in [0.15, 0.2) is 0 Å². The first-order valence-corrected chi connectivity index (χ1v) is 9.45. The number of hydrogen-bond donors (Lipinski definition) is 1. The highest BCUT2D eigenvalue weighted by molar-refractivity contribution is 6.46. The average molecular weight is 395 g/mol. The number of Topliss-reactive ketones (excluding diaryl/α,β-unsaturated/α-hetero) is 1. The summed E-state index contributed by atoms with van der Waals surface area (Å²) < 4.78 is 0. The summed E-state index contributed by atoms with van der Waals surface area (Å²) in [7, 11) is 3.90. The minimum Gasteiger partial charge on any atom is -0.507 e. The van der Waals surface area contributed by atoms with Crippen LogP contribution in [0.25, 0.3) is 5.76 Å². The van der Waals surface area contributed by atoms with E-state index in [1.54, 1.807) is 38.4 Å². The molecule has 0 bridgehead atoms. The van der Waals surface area contributed by atoms with Crippen LogP contribution in [0.1, 0.15) is 35.1 Å². The minimum absolute atomic E-state index is 0.0448. The fourth-order valence-corrected chi connectivity index (χ4v) is 3.51. The van der Waals surface area contributed by atoms with Crippen molar-refractivity contribution in [1.82, 2.24) is 24.8 Å². The fourth-order valence-electron chi connectivity index (χ4n) is 3.51. The lowest BCUT2D eigenvalue weighted by Crippen LogP contribution is -2.32. The first kappa shape index (κ1) is 20.6. The van der Waals surface area contributed by atoms with Crippen LogP contribution >= 0.6 is 0 Å². The Balaban J connectivity index is 2.10. The normalized spacial score (nSPS) is 18.7. The Morgan fingerprint density at radius 1 is 1.24 bits per heavy atom. The lowest BCUT2D eigenvalue weighted by molar-refractivity contribution is -0.139. The molecule has 3 rings (SSSR count). The average Bonchev–Trinajstić information content (AvgIpc) is 2.93. The molecule has 8 heteroatoms. The summed E-state index contributed by atoms with van der Waals surface area (Å²) in [5.41, 5.74) is 1.60. The van der Waals surface area contributed by atoms with E-state index in [1.807, 2.05) is 19.0 Å². The van der Waals surface area contributed by atoms with Crippen LogP contribution in [0, 0.1) is 13.8 Å². The van der Waals surface area contributed by atoms with E-state index in [0.717, 1.165) is 6.54 Å². The van der Waals surface area contributed by atoms with Crippen LogP contribution in [0.5, 0.6) is 0 Å². The van der Waals surface area contributed by atoms with E-state index in [-0.39, 0.29) is 11.3 Å². The maximum Gasteiger partial charge on any atom is 0.295 e. The molecule has 0 aromatic carbocycles. The molecule has 1 atom stereocenters. The van der Waals surface area contributed by atoms with Gasteiger partial charge in [0.2, 0.25) is 0 Å². The number of aryl methyl sites for hydroxylation is 2. The van der Waals surface area contributed by atoms with Crippen molar-refractivity contribution >= 4 is 17.4 Å². The molecule has 1 fully saturated rings. The van der Waals surface area contributed by atoms with Gasteiger partial charge < -0.3 is 14.9 Å². The highest BCUT2D eigenvalue weighted by atomic mass is 16.3. The number of carbonyl (C=O) groups excluding carboxylic acids is 2. The maximum absolute atomic E-state index is 12.9.